The molecule has 14 heavy (non-hydrogen) atoms. The Labute approximate surface area is 87.3 Å². The van der Waals surface area contributed by atoms with Crippen molar-refractivity contribution in [1.82, 2.24) is 9.97 Å². The average Bonchev–Trinajstić information content (AvgIpc) is 2.84. The summed E-state index contributed by atoms with van der Waals surface area (Å²) in [6.45, 7) is 0. The third-order valence-corrected chi connectivity index (χ3v) is 2.91. The van der Waals surface area contributed by atoms with Gasteiger partial charge < -0.3 is 4.98 Å². The molecular weight excluding hydrogens is 196 g/mol. The molecule has 1 saturated carbocycles. The van der Waals surface area contributed by atoms with E-state index in [9.17, 15) is 0 Å². The molecule has 1 aromatic carbocycles. The topological polar surface area (TPSA) is 28.7 Å². The van der Waals surface area contributed by atoms with Gasteiger partial charge in [-0.2, -0.15) is 0 Å². The largest absolute Gasteiger partial charge is 0.342 e. The van der Waals surface area contributed by atoms with E-state index in [1.165, 1.54) is 12.8 Å². The first-order valence-electron chi connectivity index (χ1n) is 4.95. The molecule has 0 bridgehead atoms. The molecule has 0 unspecified atom stereocenters. The van der Waals surface area contributed by atoms with Gasteiger partial charge in [-0.3, -0.25) is 0 Å². The number of nitrogens with zero attached hydrogens (tertiary/aromatic N) is 1. The van der Waals surface area contributed by atoms with Crippen molar-refractivity contribution in [3.05, 3.63) is 29.0 Å². The molecule has 0 amide bonds. The molecule has 1 heterocycles. The van der Waals surface area contributed by atoms with Gasteiger partial charge in [0.2, 0.25) is 0 Å². The minimum Gasteiger partial charge on any atom is -0.342 e. The zero-order valence-electron chi connectivity index (χ0n) is 7.76. The highest BCUT2D eigenvalue weighted by Gasteiger charge is 2.22. The highest BCUT2D eigenvalue weighted by atomic mass is 35.5. The van der Waals surface area contributed by atoms with Crippen molar-refractivity contribution in [3.63, 3.8) is 0 Å². The monoisotopic (exact) mass is 206 g/mol. The van der Waals surface area contributed by atoms with E-state index in [-0.39, 0.29) is 0 Å². The molecule has 1 aromatic heterocycles. The van der Waals surface area contributed by atoms with Crippen LogP contribution in [0.2, 0.25) is 5.02 Å². The molecule has 0 radical (unpaired) electrons. The number of aromatic nitrogens is 2. The number of halogens is 1. The Morgan fingerprint density at radius 2 is 2.29 bits per heavy atom. The fourth-order valence-electron chi connectivity index (χ4n) is 1.73. The lowest BCUT2D eigenvalue weighted by molar-refractivity contribution is 0.787. The summed E-state index contributed by atoms with van der Waals surface area (Å²) < 4.78 is 0. The van der Waals surface area contributed by atoms with Crippen LogP contribution in [0, 0.1) is 5.92 Å². The van der Waals surface area contributed by atoms with Crippen LogP contribution in [0.3, 0.4) is 0 Å². The van der Waals surface area contributed by atoms with Gasteiger partial charge in [0.1, 0.15) is 5.82 Å². The van der Waals surface area contributed by atoms with Crippen LogP contribution in [0.1, 0.15) is 18.7 Å². The molecule has 0 atom stereocenters. The summed E-state index contributed by atoms with van der Waals surface area (Å²) in [5, 5.41) is 0.763. The Balaban J connectivity index is 2.01. The molecule has 2 aromatic rings. The van der Waals surface area contributed by atoms with E-state index in [1.807, 2.05) is 18.2 Å². The molecule has 1 aliphatic carbocycles. The van der Waals surface area contributed by atoms with Gasteiger partial charge in [0.25, 0.3) is 0 Å². The number of rotatable bonds is 2. The first-order chi connectivity index (χ1) is 6.81. The van der Waals surface area contributed by atoms with Crippen LogP contribution >= 0.6 is 11.6 Å². The molecule has 72 valence electrons. The van der Waals surface area contributed by atoms with Crippen LogP contribution in [0.25, 0.3) is 11.0 Å². The van der Waals surface area contributed by atoms with Crippen molar-refractivity contribution < 1.29 is 0 Å². The summed E-state index contributed by atoms with van der Waals surface area (Å²) in [4.78, 5) is 7.83. The van der Waals surface area contributed by atoms with E-state index in [4.69, 9.17) is 11.6 Å². The van der Waals surface area contributed by atoms with Crippen molar-refractivity contribution in [2.45, 2.75) is 19.3 Å². The van der Waals surface area contributed by atoms with Gasteiger partial charge in [0.05, 0.1) is 11.0 Å². The van der Waals surface area contributed by atoms with E-state index < -0.39 is 0 Å². The average molecular weight is 207 g/mol. The van der Waals surface area contributed by atoms with Crippen LogP contribution in [-0.4, -0.2) is 9.97 Å². The van der Waals surface area contributed by atoms with Crippen molar-refractivity contribution in [2.24, 2.45) is 5.92 Å². The molecule has 0 saturated heterocycles. The van der Waals surface area contributed by atoms with Crippen molar-refractivity contribution in [3.8, 4) is 0 Å². The van der Waals surface area contributed by atoms with Crippen LogP contribution in [0.15, 0.2) is 18.2 Å². The number of nitrogens with one attached hydrogen (secondary N) is 1. The van der Waals surface area contributed by atoms with E-state index in [2.05, 4.69) is 9.97 Å². The van der Waals surface area contributed by atoms with E-state index in [1.54, 1.807) is 0 Å². The summed E-state index contributed by atoms with van der Waals surface area (Å²) in [5.41, 5.74) is 2.07. The molecule has 1 aliphatic rings. The Morgan fingerprint density at radius 3 is 3.07 bits per heavy atom. The van der Waals surface area contributed by atoms with Crippen LogP contribution in [-0.2, 0) is 6.42 Å². The second-order valence-corrected chi connectivity index (χ2v) is 4.43. The fourth-order valence-corrected chi connectivity index (χ4v) is 1.90. The predicted molar refractivity (Wildman–Crippen MR) is 57.5 cm³/mol. The molecular formula is C11H11ClN2. The van der Waals surface area contributed by atoms with Crippen LogP contribution in [0.4, 0.5) is 0 Å². The summed E-state index contributed by atoms with van der Waals surface area (Å²) >= 11 is 5.90. The molecule has 3 heteroatoms. The lowest BCUT2D eigenvalue weighted by Gasteiger charge is -1.89. The zero-order chi connectivity index (χ0) is 9.54. The summed E-state index contributed by atoms with van der Waals surface area (Å²) in [6, 6.07) is 5.77. The summed E-state index contributed by atoms with van der Waals surface area (Å²) in [6.07, 6.45) is 3.81. The number of benzene rings is 1. The Morgan fingerprint density at radius 1 is 1.43 bits per heavy atom. The maximum atomic E-state index is 5.90. The fraction of sp³-hybridized carbons (Fsp3) is 0.364. The van der Waals surface area contributed by atoms with Gasteiger partial charge in [0, 0.05) is 11.4 Å². The van der Waals surface area contributed by atoms with Gasteiger partial charge in [-0.25, -0.2) is 4.98 Å². The minimum atomic E-state index is 0.763. The molecule has 1 N–H and O–H groups in total. The van der Waals surface area contributed by atoms with E-state index >= 15 is 0 Å². The lowest BCUT2D eigenvalue weighted by atomic mass is 10.3. The summed E-state index contributed by atoms with van der Waals surface area (Å²) in [5.74, 6) is 1.97. The van der Waals surface area contributed by atoms with Gasteiger partial charge in [-0.1, -0.05) is 11.6 Å². The highest BCUT2D eigenvalue weighted by Crippen LogP contribution is 2.32. The third kappa shape index (κ3) is 1.50. The number of aromatic amines is 1. The SMILES string of the molecule is Clc1ccc2nc(CC3CC3)[nH]c2c1. The van der Waals surface area contributed by atoms with Gasteiger partial charge in [-0.05, 0) is 37.0 Å². The van der Waals surface area contributed by atoms with Crippen molar-refractivity contribution in [1.29, 1.82) is 0 Å². The van der Waals surface area contributed by atoms with Crippen molar-refractivity contribution >= 4 is 22.6 Å². The lowest BCUT2D eigenvalue weighted by Crippen LogP contribution is -1.88. The normalized spacial score (nSPS) is 16.4. The van der Waals surface area contributed by atoms with E-state index in [0.29, 0.717) is 0 Å². The first kappa shape index (κ1) is 8.30. The first-order valence-corrected chi connectivity index (χ1v) is 5.33. The smallest absolute Gasteiger partial charge is 0.107 e. The molecule has 0 spiro atoms. The number of imidazole rings is 1. The maximum absolute atomic E-state index is 5.90. The molecule has 0 aliphatic heterocycles. The molecule has 3 rings (SSSR count). The standard InChI is InChI=1S/C11H11ClN2/c12-8-3-4-9-10(6-8)14-11(13-9)5-7-1-2-7/h3-4,6-7H,1-2,5H2,(H,13,14). The maximum Gasteiger partial charge on any atom is 0.107 e. The van der Waals surface area contributed by atoms with Gasteiger partial charge in [0.15, 0.2) is 0 Å². The zero-order valence-corrected chi connectivity index (χ0v) is 8.51. The minimum absolute atomic E-state index is 0.763. The quantitative estimate of drug-likeness (QED) is 0.804. The Hall–Kier alpha value is -1.02. The second kappa shape index (κ2) is 2.99. The van der Waals surface area contributed by atoms with Crippen LogP contribution in [0.5, 0.6) is 0 Å². The predicted octanol–water partition coefficient (Wildman–Crippen LogP) is 3.17. The Bertz CT molecular complexity index is 471. The Kier molecular flexibility index (Phi) is 1.77. The second-order valence-electron chi connectivity index (χ2n) is 3.99. The number of fused-ring (bicyclic) bond motifs is 1. The molecule has 2 nitrogen and oxygen atoms in total. The summed E-state index contributed by atoms with van der Waals surface area (Å²) in [7, 11) is 0. The van der Waals surface area contributed by atoms with E-state index in [0.717, 1.165) is 34.2 Å². The van der Waals surface area contributed by atoms with Crippen molar-refractivity contribution in [2.75, 3.05) is 0 Å². The molecule has 1 fully saturated rings. The third-order valence-electron chi connectivity index (χ3n) is 2.67. The highest BCUT2D eigenvalue weighted by molar-refractivity contribution is 6.31. The van der Waals surface area contributed by atoms with Crippen LogP contribution < -0.4 is 0 Å². The number of H-pyrrole nitrogens is 1. The number of hydrogen-bond donors (Lipinski definition) is 1. The van der Waals surface area contributed by atoms with Gasteiger partial charge in [-0.15, -0.1) is 0 Å². The van der Waals surface area contributed by atoms with Gasteiger partial charge >= 0.3 is 0 Å². The number of hydrogen-bond acceptors (Lipinski definition) is 1.